The zero-order chi connectivity index (χ0) is 16.5. The maximum absolute atomic E-state index is 13.0. The highest BCUT2D eigenvalue weighted by Crippen LogP contribution is 2.34. The molecule has 0 fully saturated rings. The number of nitrogens with zero attached hydrogens (tertiary/aromatic N) is 1. The van der Waals surface area contributed by atoms with Crippen molar-refractivity contribution in [1.29, 1.82) is 0 Å². The molecule has 0 bridgehead atoms. The van der Waals surface area contributed by atoms with Crippen LogP contribution in [0.5, 0.6) is 5.75 Å². The molecule has 0 radical (unpaired) electrons. The van der Waals surface area contributed by atoms with Crippen LogP contribution in [0.2, 0.25) is 0 Å². The average molecular weight is 324 g/mol. The lowest BCUT2D eigenvalue weighted by molar-refractivity contribution is 0.309. The topological polar surface area (TPSA) is 26.2 Å². The Hall–Kier alpha value is -2.33. The molecule has 3 aromatic rings. The fraction of sp³-hybridized carbons (Fsp3) is 0.300. The van der Waals surface area contributed by atoms with Crippen molar-refractivity contribution in [2.24, 2.45) is 7.05 Å². The minimum absolute atomic E-state index is 0.221. The third-order valence-corrected chi connectivity index (χ3v) is 4.82. The van der Waals surface area contributed by atoms with Gasteiger partial charge in [-0.1, -0.05) is 18.2 Å². The fourth-order valence-corrected chi connectivity index (χ4v) is 3.59. The van der Waals surface area contributed by atoms with Crippen LogP contribution in [0.1, 0.15) is 16.8 Å². The van der Waals surface area contributed by atoms with Gasteiger partial charge in [-0.2, -0.15) is 0 Å². The van der Waals surface area contributed by atoms with Crippen molar-refractivity contribution in [1.82, 2.24) is 9.88 Å². The minimum atomic E-state index is -0.221. The minimum Gasteiger partial charge on any atom is -0.488 e. The normalized spacial score (nSPS) is 14.4. The Labute approximate surface area is 141 Å². The number of rotatable bonds is 3. The van der Waals surface area contributed by atoms with Crippen LogP contribution in [-0.2, 0) is 26.5 Å². The molecule has 0 spiro atoms. The second kappa shape index (κ2) is 6.29. The molecule has 1 aliphatic rings. The maximum Gasteiger partial charge on any atom is 0.129 e. The largest absolute Gasteiger partial charge is 0.488 e. The molecule has 24 heavy (non-hydrogen) atoms. The molecule has 4 rings (SSSR count). The number of halogens is 1. The summed E-state index contributed by atoms with van der Waals surface area (Å²) in [7, 11) is 2.14. The van der Waals surface area contributed by atoms with Gasteiger partial charge in [0.2, 0.25) is 0 Å². The summed E-state index contributed by atoms with van der Waals surface area (Å²) < 4.78 is 21.4. The van der Waals surface area contributed by atoms with Gasteiger partial charge < -0.3 is 14.6 Å². The number of ether oxygens (including phenoxy) is 1. The Bertz CT molecular complexity index is 867. The van der Waals surface area contributed by atoms with E-state index in [-0.39, 0.29) is 5.82 Å². The first-order valence-corrected chi connectivity index (χ1v) is 8.41. The number of fused-ring (bicyclic) bond motifs is 3. The van der Waals surface area contributed by atoms with E-state index < -0.39 is 0 Å². The van der Waals surface area contributed by atoms with Crippen molar-refractivity contribution in [3.05, 3.63) is 65.1 Å². The number of aromatic nitrogens is 1. The summed E-state index contributed by atoms with van der Waals surface area (Å²) in [4.78, 5) is 0. The second-order valence-electron chi connectivity index (χ2n) is 6.30. The van der Waals surface area contributed by atoms with Crippen LogP contribution in [0.4, 0.5) is 4.39 Å². The van der Waals surface area contributed by atoms with E-state index in [0.29, 0.717) is 6.61 Å². The van der Waals surface area contributed by atoms with E-state index in [0.717, 1.165) is 37.2 Å². The second-order valence-corrected chi connectivity index (χ2v) is 6.30. The average Bonchev–Trinajstić information content (AvgIpc) is 2.77. The summed E-state index contributed by atoms with van der Waals surface area (Å²) >= 11 is 0. The Balaban J connectivity index is 1.71. The molecule has 2 heterocycles. The van der Waals surface area contributed by atoms with E-state index in [2.05, 4.69) is 23.0 Å². The molecule has 124 valence electrons. The van der Waals surface area contributed by atoms with Crippen molar-refractivity contribution in [3.8, 4) is 5.75 Å². The first kappa shape index (κ1) is 15.2. The highest BCUT2D eigenvalue weighted by Gasteiger charge is 2.19. The van der Waals surface area contributed by atoms with Crippen LogP contribution < -0.4 is 10.1 Å². The molecular weight excluding hydrogens is 303 g/mol. The Morgan fingerprint density at radius 3 is 2.71 bits per heavy atom. The van der Waals surface area contributed by atoms with E-state index in [1.807, 2.05) is 12.1 Å². The molecule has 0 atom stereocenters. The van der Waals surface area contributed by atoms with Gasteiger partial charge in [-0.15, -0.1) is 0 Å². The van der Waals surface area contributed by atoms with Crippen LogP contribution in [-0.4, -0.2) is 17.7 Å². The lowest BCUT2D eigenvalue weighted by Crippen LogP contribution is -2.17. The number of hydrogen-bond donors (Lipinski definition) is 1. The van der Waals surface area contributed by atoms with Crippen LogP contribution in [0.25, 0.3) is 10.9 Å². The van der Waals surface area contributed by atoms with E-state index in [9.17, 15) is 4.39 Å². The van der Waals surface area contributed by atoms with Crippen molar-refractivity contribution in [2.75, 3.05) is 13.1 Å². The first-order chi connectivity index (χ1) is 11.7. The maximum atomic E-state index is 13.0. The van der Waals surface area contributed by atoms with Gasteiger partial charge in [0, 0.05) is 31.1 Å². The Morgan fingerprint density at radius 2 is 1.88 bits per heavy atom. The van der Waals surface area contributed by atoms with Gasteiger partial charge in [0.1, 0.15) is 18.2 Å². The van der Waals surface area contributed by atoms with Gasteiger partial charge in [-0.3, -0.25) is 0 Å². The fourth-order valence-electron chi connectivity index (χ4n) is 3.59. The van der Waals surface area contributed by atoms with Crippen LogP contribution in [0.15, 0.2) is 42.5 Å². The van der Waals surface area contributed by atoms with Gasteiger partial charge in [0.25, 0.3) is 0 Å². The molecular formula is C20H21FN2O. The highest BCUT2D eigenvalue weighted by atomic mass is 19.1. The van der Waals surface area contributed by atoms with Crippen LogP contribution in [0, 0.1) is 5.82 Å². The smallest absolute Gasteiger partial charge is 0.129 e. The summed E-state index contributed by atoms with van der Waals surface area (Å²) in [5.74, 6) is 0.692. The summed E-state index contributed by atoms with van der Waals surface area (Å²) in [6, 6.07) is 12.7. The predicted octanol–water partition coefficient (Wildman–Crippen LogP) is 3.58. The zero-order valence-corrected chi connectivity index (χ0v) is 13.8. The van der Waals surface area contributed by atoms with E-state index in [1.165, 1.54) is 34.3 Å². The molecule has 4 heteroatoms. The lowest BCUT2D eigenvalue weighted by atomic mass is 10.1. The number of aryl methyl sites for hydroxylation is 1. The SMILES string of the molecule is Cn1c2c(c3c(OCc4ccc(F)cc4)cccc31)CCNCC2. The predicted molar refractivity (Wildman–Crippen MR) is 93.9 cm³/mol. The number of nitrogens with one attached hydrogen (secondary N) is 1. The van der Waals surface area contributed by atoms with Gasteiger partial charge >= 0.3 is 0 Å². The third kappa shape index (κ3) is 2.67. The molecule has 1 N–H and O–H groups in total. The van der Waals surface area contributed by atoms with E-state index >= 15 is 0 Å². The lowest BCUT2D eigenvalue weighted by Gasteiger charge is -2.09. The molecule has 1 aliphatic heterocycles. The molecule has 0 aliphatic carbocycles. The van der Waals surface area contributed by atoms with Gasteiger partial charge in [0.15, 0.2) is 0 Å². The number of benzene rings is 2. The standard InChI is InChI=1S/C20H21FN2O/c1-23-17-10-12-22-11-9-16(17)20-18(23)3-2-4-19(20)24-13-14-5-7-15(21)8-6-14/h2-8,22H,9-13H2,1H3. The molecule has 1 aromatic heterocycles. The van der Waals surface area contributed by atoms with Crippen molar-refractivity contribution in [2.45, 2.75) is 19.4 Å². The van der Waals surface area contributed by atoms with Crippen molar-refractivity contribution in [3.63, 3.8) is 0 Å². The van der Waals surface area contributed by atoms with E-state index in [4.69, 9.17) is 4.74 Å². The number of hydrogen-bond acceptors (Lipinski definition) is 2. The molecule has 2 aromatic carbocycles. The van der Waals surface area contributed by atoms with Gasteiger partial charge in [-0.05, 0) is 48.4 Å². The van der Waals surface area contributed by atoms with E-state index in [1.54, 1.807) is 12.1 Å². The molecule has 3 nitrogen and oxygen atoms in total. The summed E-state index contributed by atoms with van der Waals surface area (Å²) in [5, 5.41) is 4.69. The van der Waals surface area contributed by atoms with Crippen LogP contribution >= 0.6 is 0 Å². The Morgan fingerprint density at radius 1 is 1.08 bits per heavy atom. The summed E-state index contributed by atoms with van der Waals surface area (Å²) in [5.41, 5.74) is 4.98. The Kier molecular flexibility index (Phi) is 3.98. The zero-order valence-electron chi connectivity index (χ0n) is 13.8. The molecule has 0 amide bonds. The third-order valence-electron chi connectivity index (χ3n) is 4.82. The van der Waals surface area contributed by atoms with Crippen molar-refractivity contribution < 1.29 is 9.13 Å². The first-order valence-electron chi connectivity index (χ1n) is 8.41. The summed E-state index contributed by atoms with van der Waals surface area (Å²) in [6.45, 7) is 2.46. The quantitative estimate of drug-likeness (QED) is 0.797. The molecule has 0 unspecified atom stereocenters. The van der Waals surface area contributed by atoms with Gasteiger partial charge in [-0.25, -0.2) is 4.39 Å². The van der Waals surface area contributed by atoms with Crippen LogP contribution in [0.3, 0.4) is 0 Å². The van der Waals surface area contributed by atoms with Gasteiger partial charge in [0.05, 0.1) is 5.52 Å². The highest BCUT2D eigenvalue weighted by molar-refractivity contribution is 5.91. The van der Waals surface area contributed by atoms with Crippen molar-refractivity contribution >= 4 is 10.9 Å². The summed E-state index contributed by atoms with van der Waals surface area (Å²) in [6.07, 6.45) is 2.06. The molecule has 0 saturated heterocycles. The monoisotopic (exact) mass is 324 g/mol. The molecule has 0 saturated carbocycles.